The van der Waals surface area contributed by atoms with Gasteiger partial charge in [-0.15, -0.1) is 0 Å². The fourth-order valence-electron chi connectivity index (χ4n) is 3.16. The summed E-state index contributed by atoms with van der Waals surface area (Å²) in [7, 11) is 0. The summed E-state index contributed by atoms with van der Waals surface area (Å²) in [6.45, 7) is 4.78. The number of likely N-dealkylation sites (tertiary alicyclic amines) is 1. The Morgan fingerprint density at radius 1 is 1.43 bits per heavy atom. The van der Waals surface area contributed by atoms with Crippen molar-refractivity contribution in [1.29, 1.82) is 0 Å². The number of hydrogen-bond donors (Lipinski definition) is 0. The van der Waals surface area contributed by atoms with Gasteiger partial charge in [0.2, 0.25) is 5.82 Å². The molecule has 1 amide bonds. The highest BCUT2D eigenvalue weighted by Crippen LogP contribution is 2.37. The van der Waals surface area contributed by atoms with E-state index in [0.29, 0.717) is 19.7 Å². The second kappa shape index (κ2) is 6.07. The van der Waals surface area contributed by atoms with Crippen LogP contribution in [0.4, 0.5) is 0 Å². The maximum absolute atomic E-state index is 12.3. The lowest BCUT2D eigenvalue weighted by Gasteiger charge is -2.38. The Morgan fingerprint density at radius 2 is 2.14 bits per heavy atom. The third kappa shape index (κ3) is 3.06. The molecule has 6 heteroatoms. The minimum atomic E-state index is -0.103. The molecule has 2 aliphatic heterocycles. The van der Waals surface area contributed by atoms with Crippen LogP contribution in [0.1, 0.15) is 36.8 Å². The molecule has 0 unspecified atom stereocenters. The van der Waals surface area contributed by atoms with Crippen LogP contribution >= 0.6 is 0 Å². The lowest BCUT2D eigenvalue weighted by atomic mass is 9.88. The number of ether oxygens (including phenoxy) is 2. The molecule has 2 fully saturated rings. The van der Waals surface area contributed by atoms with E-state index in [1.54, 1.807) is 18.5 Å². The molecule has 1 aromatic heterocycles. The first-order valence-corrected chi connectivity index (χ1v) is 7.54. The Hall–Kier alpha value is -1.53. The van der Waals surface area contributed by atoms with Gasteiger partial charge in [0.1, 0.15) is 0 Å². The van der Waals surface area contributed by atoms with E-state index >= 15 is 0 Å². The third-order valence-corrected chi connectivity index (χ3v) is 4.30. The highest BCUT2D eigenvalue weighted by molar-refractivity contribution is 5.90. The molecule has 0 aliphatic carbocycles. The van der Waals surface area contributed by atoms with Crippen molar-refractivity contribution >= 4 is 5.91 Å². The number of hydrogen-bond acceptors (Lipinski definition) is 5. The van der Waals surface area contributed by atoms with Crippen LogP contribution in [0, 0.1) is 0 Å². The molecule has 1 aromatic rings. The van der Waals surface area contributed by atoms with Crippen LogP contribution < -0.4 is 0 Å². The normalized spacial score (nSPS) is 24.4. The SMILES string of the molecule is CCO[C@H]1COC2(CCN(C(=O)c3ncccn3)CC2)C1. The zero-order valence-electron chi connectivity index (χ0n) is 12.3. The van der Waals surface area contributed by atoms with E-state index in [9.17, 15) is 4.79 Å². The topological polar surface area (TPSA) is 64.6 Å². The second-order valence-corrected chi connectivity index (χ2v) is 5.64. The monoisotopic (exact) mass is 291 g/mol. The first-order chi connectivity index (χ1) is 10.2. The fraction of sp³-hybridized carbons (Fsp3) is 0.667. The summed E-state index contributed by atoms with van der Waals surface area (Å²) in [6, 6.07) is 1.71. The van der Waals surface area contributed by atoms with Gasteiger partial charge >= 0.3 is 0 Å². The summed E-state index contributed by atoms with van der Waals surface area (Å²) in [5, 5.41) is 0. The lowest BCUT2D eigenvalue weighted by molar-refractivity contribution is -0.0409. The molecule has 1 spiro atoms. The van der Waals surface area contributed by atoms with Gasteiger partial charge in [0.05, 0.1) is 18.3 Å². The minimum absolute atomic E-state index is 0.0928. The quantitative estimate of drug-likeness (QED) is 0.839. The van der Waals surface area contributed by atoms with E-state index in [-0.39, 0.29) is 23.4 Å². The molecule has 2 aliphatic rings. The molecule has 114 valence electrons. The van der Waals surface area contributed by atoms with Crippen molar-refractivity contribution in [2.45, 2.75) is 37.9 Å². The van der Waals surface area contributed by atoms with Gasteiger partial charge in [0.15, 0.2) is 0 Å². The van der Waals surface area contributed by atoms with Gasteiger partial charge < -0.3 is 14.4 Å². The standard InChI is InChI=1S/C15H21N3O3/c1-2-20-12-10-15(21-11-12)4-8-18(9-5-15)14(19)13-16-6-3-7-17-13/h3,6-7,12H,2,4-5,8-11H2,1H3/t12-/m1/s1. The van der Waals surface area contributed by atoms with Gasteiger partial charge in [0.25, 0.3) is 5.91 Å². The van der Waals surface area contributed by atoms with Crippen molar-refractivity contribution < 1.29 is 14.3 Å². The average Bonchev–Trinajstić information content (AvgIpc) is 2.91. The Bertz CT molecular complexity index is 486. The molecular formula is C15H21N3O3. The summed E-state index contributed by atoms with van der Waals surface area (Å²) in [4.78, 5) is 22.2. The van der Waals surface area contributed by atoms with Crippen molar-refractivity contribution in [1.82, 2.24) is 14.9 Å². The molecule has 3 rings (SSSR count). The number of carbonyl (C=O) groups is 1. The molecule has 2 saturated heterocycles. The van der Waals surface area contributed by atoms with Crippen molar-refractivity contribution in [3.63, 3.8) is 0 Å². The van der Waals surface area contributed by atoms with Crippen molar-refractivity contribution in [2.75, 3.05) is 26.3 Å². The maximum Gasteiger partial charge on any atom is 0.291 e. The van der Waals surface area contributed by atoms with Crippen LogP contribution in [-0.2, 0) is 9.47 Å². The van der Waals surface area contributed by atoms with E-state index < -0.39 is 0 Å². The number of rotatable bonds is 3. The molecule has 6 nitrogen and oxygen atoms in total. The Balaban J connectivity index is 1.57. The molecule has 0 saturated carbocycles. The molecule has 0 radical (unpaired) electrons. The number of amides is 1. The van der Waals surface area contributed by atoms with Crippen LogP contribution in [0.25, 0.3) is 0 Å². The van der Waals surface area contributed by atoms with Crippen molar-refractivity contribution in [3.8, 4) is 0 Å². The highest BCUT2D eigenvalue weighted by atomic mass is 16.6. The summed E-state index contributed by atoms with van der Waals surface area (Å²) in [5.74, 6) is 0.179. The van der Waals surface area contributed by atoms with E-state index in [0.717, 1.165) is 25.9 Å². The number of carbonyl (C=O) groups excluding carboxylic acids is 1. The van der Waals surface area contributed by atoms with Crippen LogP contribution in [-0.4, -0.2) is 58.8 Å². The molecule has 0 aromatic carbocycles. The van der Waals surface area contributed by atoms with Crippen LogP contribution in [0.2, 0.25) is 0 Å². The molecule has 1 atom stereocenters. The minimum Gasteiger partial charge on any atom is -0.376 e. The van der Waals surface area contributed by atoms with Gasteiger partial charge in [0, 0.05) is 38.5 Å². The fourth-order valence-corrected chi connectivity index (χ4v) is 3.16. The lowest BCUT2D eigenvalue weighted by Crippen LogP contribution is -2.47. The van der Waals surface area contributed by atoms with E-state index in [1.807, 2.05) is 11.8 Å². The van der Waals surface area contributed by atoms with Crippen molar-refractivity contribution in [3.05, 3.63) is 24.3 Å². The summed E-state index contributed by atoms with van der Waals surface area (Å²) < 4.78 is 11.6. The smallest absolute Gasteiger partial charge is 0.291 e. The summed E-state index contributed by atoms with van der Waals surface area (Å²) in [5.41, 5.74) is -0.103. The average molecular weight is 291 g/mol. The molecule has 0 bridgehead atoms. The molecule has 21 heavy (non-hydrogen) atoms. The Kier molecular flexibility index (Phi) is 4.17. The predicted molar refractivity (Wildman–Crippen MR) is 75.9 cm³/mol. The van der Waals surface area contributed by atoms with E-state index in [4.69, 9.17) is 9.47 Å². The number of aromatic nitrogens is 2. The van der Waals surface area contributed by atoms with Gasteiger partial charge in [-0.25, -0.2) is 9.97 Å². The van der Waals surface area contributed by atoms with Crippen molar-refractivity contribution in [2.24, 2.45) is 0 Å². The first-order valence-electron chi connectivity index (χ1n) is 7.54. The van der Waals surface area contributed by atoms with Gasteiger partial charge in [-0.3, -0.25) is 4.79 Å². The van der Waals surface area contributed by atoms with Crippen LogP contribution in [0.5, 0.6) is 0 Å². The van der Waals surface area contributed by atoms with Gasteiger partial charge in [-0.05, 0) is 25.8 Å². The highest BCUT2D eigenvalue weighted by Gasteiger charge is 2.43. The first kappa shape index (κ1) is 14.4. The maximum atomic E-state index is 12.3. The molecule has 0 N–H and O–H groups in total. The van der Waals surface area contributed by atoms with E-state index in [1.165, 1.54) is 0 Å². The third-order valence-electron chi connectivity index (χ3n) is 4.30. The summed E-state index contributed by atoms with van der Waals surface area (Å²) in [6.07, 6.45) is 6.04. The summed E-state index contributed by atoms with van der Waals surface area (Å²) >= 11 is 0. The Morgan fingerprint density at radius 3 is 2.81 bits per heavy atom. The Labute approximate surface area is 124 Å². The number of piperidine rings is 1. The van der Waals surface area contributed by atoms with Crippen LogP contribution in [0.3, 0.4) is 0 Å². The van der Waals surface area contributed by atoms with Crippen LogP contribution in [0.15, 0.2) is 18.5 Å². The number of nitrogens with zero attached hydrogens (tertiary/aromatic N) is 3. The largest absolute Gasteiger partial charge is 0.376 e. The van der Waals surface area contributed by atoms with Gasteiger partial charge in [-0.1, -0.05) is 0 Å². The predicted octanol–water partition coefficient (Wildman–Crippen LogP) is 1.28. The zero-order chi connectivity index (χ0) is 14.7. The zero-order valence-corrected chi connectivity index (χ0v) is 12.3. The molecule has 3 heterocycles. The van der Waals surface area contributed by atoms with Gasteiger partial charge in [-0.2, -0.15) is 0 Å². The molecular weight excluding hydrogens is 270 g/mol. The second-order valence-electron chi connectivity index (χ2n) is 5.64. The van der Waals surface area contributed by atoms with E-state index in [2.05, 4.69) is 9.97 Å².